The van der Waals surface area contributed by atoms with Crippen LogP contribution in [-0.4, -0.2) is 124 Å². The van der Waals surface area contributed by atoms with Crippen molar-refractivity contribution in [3.63, 3.8) is 0 Å². The summed E-state index contributed by atoms with van der Waals surface area (Å²) in [6, 6.07) is 52.9. The molecular weight excluding hydrogens is 1520 g/mol. The van der Waals surface area contributed by atoms with Gasteiger partial charge in [0, 0.05) is 153 Å². The van der Waals surface area contributed by atoms with Crippen LogP contribution < -0.4 is 21.3 Å². The Bertz CT molecular complexity index is 4570. The number of benzene rings is 6. The summed E-state index contributed by atoms with van der Waals surface area (Å²) in [7, 11) is 0.953. The van der Waals surface area contributed by atoms with E-state index in [-0.39, 0.29) is 108 Å². The normalized spacial score (nSPS) is 11.2. The van der Waals surface area contributed by atoms with Gasteiger partial charge in [0.2, 0.25) is 10.0 Å². The SMILES string of the molecule is CC.CC.CC.CC.CC(C)N1CCCCS1(=O)=O.CN(C)c1cc(C(=O)NCc2ccccc2)c(O)c2ccccc12.Cc1nc(C(=O)NCc2ccccc2)c(O)c2ccccc12.Cc1nc(C(=O)O)c(O)c2ncccc12.NCc1ccccc1.O=C(O)c1ncc2cccnc2c1O.[Ru].[Ru]. The number of nitrogens with two attached hydrogens (primary N) is 1. The average molecular weight is 1610 g/mol. The Hall–Kier alpha value is -9.89. The number of fused-ring (bicyclic) bond motifs is 4. The number of aromatic nitrogens is 5. The Morgan fingerprint density at radius 1 is 0.510 bits per heavy atom. The van der Waals surface area contributed by atoms with Crippen LogP contribution in [0.25, 0.3) is 43.4 Å². The second kappa shape index (κ2) is 48.1. The minimum atomic E-state index is -2.89. The summed E-state index contributed by atoms with van der Waals surface area (Å²) in [5.74, 6) is -3.70. The molecule has 0 spiro atoms. The van der Waals surface area contributed by atoms with Crippen LogP contribution in [0.5, 0.6) is 23.0 Å². The van der Waals surface area contributed by atoms with Gasteiger partial charge in [-0.3, -0.25) is 19.6 Å². The molecule has 1 aliphatic rings. The maximum atomic E-state index is 12.6. The number of aromatic hydroxyl groups is 4. The molecule has 22 nitrogen and oxygen atoms in total. The largest absolute Gasteiger partial charge is 0.506 e. The van der Waals surface area contributed by atoms with E-state index in [4.69, 9.17) is 15.9 Å². The molecule has 10 N–H and O–H groups in total. The Kier molecular flexibility index (Phi) is 42.6. The first-order chi connectivity index (χ1) is 49.0. The summed E-state index contributed by atoms with van der Waals surface area (Å²) in [4.78, 5) is 67.7. The number of carbonyl (C=O) groups excluding carboxylic acids is 2. The molecule has 25 heteroatoms. The van der Waals surface area contributed by atoms with Crippen LogP contribution in [-0.2, 0) is 68.6 Å². The summed E-state index contributed by atoms with van der Waals surface area (Å²) >= 11 is 0. The first-order valence-corrected chi connectivity index (χ1v) is 35.3. The molecule has 0 aliphatic carbocycles. The molecule has 6 aromatic carbocycles. The number of amides is 2. The summed E-state index contributed by atoms with van der Waals surface area (Å²) < 4.78 is 24.3. The number of nitrogens with one attached hydrogen (secondary N) is 2. The first kappa shape index (κ1) is 92.1. The quantitative estimate of drug-likeness (QED) is 0.0543. The number of aromatic carboxylic acids is 2. The van der Waals surface area contributed by atoms with Gasteiger partial charge in [-0.25, -0.2) is 33.0 Å². The molecule has 5 aromatic heterocycles. The molecule has 1 fully saturated rings. The number of rotatable bonds is 11. The fraction of sp³-hybridized carbons (Fsp3) is 0.278. The molecule has 0 radical (unpaired) electrons. The van der Waals surface area contributed by atoms with Crippen molar-refractivity contribution in [2.45, 2.75) is 122 Å². The topological polar surface area (TPSA) is 345 Å². The Morgan fingerprint density at radius 2 is 0.933 bits per heavy atom. The summed E-state index contributed by atoms with van der Waals surface area (Å²) in [6.07, 6.45) is 6.18. The number of nitrogens with zero attached hydrogens (tertiary/aromatic N) is 7. The van der Waals surface area contributed by atoms with Gasteiger partial charge in [0.15, 0.2) is 34.3 Å². The maximum absolute atomic E-state index is 12.6. The van der Waals surface area contributed by atoms with Gasteiger partial charge in [0.05, 0.1) is 11.3 Å². The molecule has 11 aromatic rings. The second-order valence-electron chi connectivity index (χ2n) is 21.7. The van der Waals surface area contributed by atoms with Gasteiger partial charge < -0.3 is 51.9 Å². The van der Waals surface area contributed by atoms with E-state index in [2.05, 4.69) is 35.6 Å². The van der Waals surface area contributed by atoms with Gasteiger partial charge in [-0.2, -0.15) is 4.31 Å². The molecule has 0 saturated carbocycles. The van der Waals surface area contributed by atoms with E-state index in [0.717, 1.165) is 46.1 Å². The summed E-state index contributed by atoms with van der Waals surface area (Å²) in [5.41, 5.74) is 10.8. The number of carboxylic acids is 2. The second-order valence-corrected chi connectivity index (χ2v) is 23.8. The molecule has 0 atom stereocenters. The van der Waals surface area contributed by atoms with E-state index in [1.165, 1.54) is 24.2 Å². The monoisotopic (exact) mass is 1610 g/mol. The Labute approximate surface area is 636 Å². The van der Waals surface area contributed by atoms with Crippen molar-refractivity contribution < 1.29 is 97.2 Å². The number of sulfonamides is 1. The summed E-state index contributed by atoms with van der Waals surface area (Å²) in [5, 5.41) is 67.5. The van der Waals surface area contributed by atoms with Gasteiger partial charge >= 0.3 is 11.9 Å². The van der Waals surface area contributed by atoms with Crippen LogP contribution in [0.15, 0.2) is 188 Å². The summed E-state index contributed by atoms with van der Waals surface area (Å²) in [6.45, 7) is 25.5. The van der Waals surface area contributed by atoms with Gasteiger partial charge in [-0.1, -0.05) is 195 Å². The van der Waals surface area contributed by atoms with Crippen molar-refractivity contribution in [1.82, 2.24) is 39.9 Å². The number of pyridine rings is 5. The average Bonchev–Trinajstić information content (AvgIpc) is 0.773. The number of carboxylic acid groups (broad SMARTS) is 2. The predicted octanol–water partition coefficient (Wildman–Crippen LogP) is 15.2. The molecule has 6 heterocycles. The molecule has 558 valence electrons. The number of carbonyl (C=O) groups is 4. The fourth-order valence-corrected chi connectivity index (χ4v) is 11.7. The van der Waals surface area contributed by atoms with Crippen LogP contribution in [0.3, 0.4) is 0 Å². The number of hydrogen-bond donors (Lipinski definition) is 9. The van der Waals surface area contributed by atoms with Gasteiger partial charge in [0.25, 0.3) is 11.8 Å². The van der Waals surface area contributed by atoms with Crippen molar-refractivity contribution in [2.75, 3.05) is 31.3 Å². The molecule has 1 saturated heterocycles. The third-order valence-corrected chi connectivity index (χ3v) is 16.7. The van der Waals surface area contributed by atoms with E-state index in [1.54, 1.807) is 47.6 Å². The standard InChI is InChI=1S/C20H20N2O2.C18H16N2O2.C10H8N2O3.C9H6N2O3.C7H15NO2S.C7H9N.4C2H6.2Ru/c1-22(2)18-12-17(19(23)16-11-7-6-10-15(16)18)20(24)21-13-14-8-4-3-5-9-14;1-12-14-9-5-6-10-15(14)17(21)16(20-12)18(22)19-11-13-7-3-2-4-8-13;1-5-6-3-2-4-11-7(6)9(13)8(12-5)10(14)15;12-8-6-5(2-1-3-10-6)4-11-7(8)9(13)14;1-7(2)8-5-3-4-6-11(8,9)10;8-6-7-4-2-1-3-5-7;4*1-2;;/h3-12,23H,13H2,1-2H3,(H,21,24);2-10,21H,11H2,1H3,(H,19,22);2-4,13H,1H3,(H,14,15);1-4,12H,(H,13,14);7H,3-6H2,1-2H3;1-5H,6,8H2;4*1-2H3;;. The van der Waals surface area contributed by atoms with E-state index < -0.39 is 27.7 Å². The zero-order chi connectivity index (χ0) is 76.1. The third-order valence-electron chi connectivity index (χ3n) is 14.6. The molecule has 12 rings (SSSR count). The van der Waals surface area contributed by atoms with Crippen molar-refractivity contribution in [2.24, 2.45) is 5.73 Å². The van der Waals surface area contributed by atoms with E-state index >= 15 is 0 Å². The first-order valence-electron chi connectivity index (χ1n) is 33.7. The third kappa shape index (κ3) is 26.7. The molecule has 1 aliphatic heterocycles. The Balaban J connectivity index is 0.000000627. The number of phenolic OH excluding ortho intramolecular Hbond substituents is 1. The van der Waals surface area contributed by atoms with E-state index in [9.17, 15) is 48.0 Å². The van der Waals surface area contributed by atoms with Crippen molar-refractivity contribution in [1.29, 1.82) is 0 Å². The van der Waals surface area contributed by atoms with Crippen molar-refractivity contribution >= 4 is 82.8 Å². The zero-order valence-electron chi connectivity index (χ0n) is 61.4. The van der Waals surface area contributed by atoms with Crippen molar-refractivity contribution in [3.05, 3.63) is 239 Å². The zero-order valence-corrected chi connectivity index (χ0v) is 65.7. The number of aryl methyl sites for hydroxylation is 2. The molecule has 2 amide bonds. The predicted molar refractivity (Wildman–Crippen MR) is 409 cm³/mol. The molecule has 0 unspecified atom stereocenters. The Morgan fingerprint density at radius 3 is 1.40 bits per heavy atom. The van der Waals surface area contributed by atoms with Gasteiger partial charge in [-0.05, 0) is 87.6 Å². The van der Waals surface area contributed by atoms with Gasteiger partial charge in [0.1, 0.15) is 16.8 Å². The van der Waals surface area contributed by atoms with Crippen LogP contribution >= 0.6 is 0 Å². The van der Waals surface area contributed by atoms with Crippen LogP contribution in [0.1, 0.15) is 152 Å². The van der Waals surface area contributed by atoms with E-state index in [0.29, 0.717) is 59.2 Å². The van der Waals surface area contributed by atoms with Crippen molar-refractivity contribution in [3.8, 4) is 23.0 Å². The minimum absolute atomic E-state index is 0. The number of anilines is 1. The fourth-order valence-electron chi connectivity index (χ4n) is 9.80. The van der Waals surface area contributed by atoms with Crippen LogP contribution in [0.4, 0.5) is 5.69 Å². The molecule has 104 heavy (non-hydrogen) atoms. The van der Waals surface area contributed by atoms with Crippen LogP contribution in [0.2, 0.25) is 0 Å². The number of phenols is 1. The van der Waals surface area contributed by atoms with Gasteiger partial charge in [-0.15, -0.1) is 0 Å². The van der Waals surface area contributed by atoms with Crippen LogP contribution in [0, 0.1) is 13.8 Å². The minimum Gasteiger partial charge on any atom is -0.506 e. The van der Waals surface area contributed by atoms with E-state index in [1.807, 2.05) is 229 Å². The maximum Gasteiger partial charge on any atom is 0.358 e. The number of hydrogen-bond acceptors (Lipinski definition) is 17. The molecule has 0 bridgehead atoms. The smallest absolute Gasteiger partial charge is 0.358 e. The molecular formula is C79H98N10O12Ru2S.